The van der Waals surface area contributed by atoms with Crippen molar-refractivity contribution < 1.29 is 0 Å². The second kappa shape index (κ2) is 11.5. The van der Waals surface area contributed by atoms with Crippen molar-refractivity contribution in [3.8, 4) is 0 Å². The lowest BCUT2D eigenvalue weighted by Crippen LogP contribution is -2.36. The van der Waals surface area contributed by atoms with E-state index in [1.807, 2.05) is 0 Å². The minimum Gasteiger partial charge on any atom is -0.112 e. The lowest BCUT2D eigenvalue weighted by molar-refractivity contribution is 0.313. The maximum atomic E-state index is 4.32. The first kappa shape index (κ1) is 35.0. The van der Waals surface area contributed by atoms with Crippen LogP contribution in [0.1, 0.15) is 76.2 Å². The van der Waals surface area contributed by atoms with Crippen LogP contribution in [0.5, 0.6) is 0 Å². The third kappa shape index (κ3) is 11.3. The molecule has 30 heavy (non-hydrogen) atoms. The van der Waals surface area contributed by atoms with E-state index in [1.54, 1.807) is 0 Å². The van der Waals surface area contributed by atoms with Crippen LogP contribution in [0.25, 0.3) is 0 Å². The molecule has 3 heteroatoms. The quantitative estimate of drug-likeness (QED) is 0.280. The molecule has 0 aromatic carbocycles. The molecular formula is C27H59P3. The van der Waals surface area contributed by atoms with Crippen molar-refractivity contribution in [1.29, 1.82) is 0 Å². The predicted octanol–water partition coefficient (Wildman–Crippen LogP) is 9.58. The highest BCUT2D eigenvalue weighted by molar-refractivity contribution is 7.76. The first-order chi connectivity index (χ1) is 12.5. The van der Waals surface area contributed by atoms with Crippen LogP contribution in [-0.2, 0) is 0 Å². The van der Waals surface area contributed by atoms with Crippen LogP contribution < -0.4 is 0 Å². The molecule has 0 saturated carbocycles. The maximum absolute atomic E-state index is 4.32. The standard InChI is InChI=1S/C10H23P.C9H19P.C8H17P/c1-9(2,3)10(4,5)11(6,7)8;1-8(2)9(3,4)10(5,6)7;1-7(2)8(3)9(4,5)6/h6H2,1-5,7-8H3;1,5H2,2-4,6-7H3;4H2,1-3,5-6H3. The van der Waals surface area contributed by atoms with Gasteiger partial charge in [0.2, 0.25) is 0 Å². The summed E-state index contributed by atoms with van der Waals surface area (Å²) >= 11 is 0. The first-order valence-corrected chi connectivity index (χ1v) is 19.5. The number of allylic oxidation sites excluding steroid dienone is 3. The van der Waals surface area contributed by atoms with Crippen LogP contribution in [0, 0.1) is 5.41 Å². The zero-order valence-corrected chi connectivity index (χ0v) is 26.9. The SMILES string of the molecule is C=C(C)C(C)(C)P(=C)(C)C.C=P(C)(C)C(C)(C)C(C)(C)C.C=P(C)(C)C(C)=C(C)C. The Morgan fingerprint density at radius 3 is 0.900 bits per heavy atom. The van der Waals surface area contributed by atoms with Crippen molar-refractivity contribution in [2.24, 2.45) is 5.41 Å². The highest BCUT2D eigenvalue weighted by Gasteiger charge is 2.37. The lowest BCUT2D eigenvalue weighted by atomic mass is 9.82. The van der Waals surface area contributed by atoms with Crippen molar-refractivity contribution >= 4 is 39.6 Å². The van der Waals surface area contributed by atoms with Gasteiger partial charge < -0.3 is 0 Å². The smallest absolute Gasteiger partial charge is 0.00402 e. The van der Waals surface area contributed by atoms with Crippen LogP contribution in [0.4, 0.5) is 0 Å². The minimum atomic E-state index is -1.02. The predicted molar refractivity (Wildman–Crippen MR) is 164 cm³/mol. The average Bonchev–Trinajstić information content (AvgIpc) is 2.42. The van der Waals surface area contributed by atoms with Crippen LogP contribution in [0.3, 0.4) is 0 Å². The molecule has 0 aliphatic carbocycles. The van der Waals surface area contributed by atoms with E-state index < -0.39 is 20.7 Å². The fraction of sp³-hybridized carbons (Fsp3) is 0.741. The molecule has 0 aliphatic rings. The van der Waals surface area contributed by atoms with Gasteiger partial charge in [-0.25, -0.2) is 0 Å². The third-order valence-electron chi connectivity index (χ3n) is 7.54. The molecule has 0 aromatic heterocycles. The zero-order valence-electron chi connectivity index (χ0n) is 24.2. The van der Waals surface area contributed by atoms with Gasteiger partial charge in [-0.2, -0.15) is 0 Å². The van der Waals surface area contributed by atoms with E-state index in [2.05, 4.69) is 142 Å². The summed E-state index contributed by atoms with van der Waals surface area (Å²) in [7, 11) is 0. The molecule has 0 N–H and O–H groups in total. The molecule has 0 atom stereocenters. The van der Waals surface area contributed by atoms with E-state index in [1.165, 1.54) is 16.5 Å². The zero-order chi connectivity index (χ0) is 25.7. The summed E-state index contributed by atoms with van der Waals surface area (Å²) in [6.45, 7) is 39.3. The summed E-state index contributed by atoms with van der Waals surface area (Å²) in [6.07, 6.45) is 12.7. The number of hydrogen-bond acceptors (Lipinski definition) is 0. The highest BCUT2D eigenvalue weighted by atomic mass is 31.2. The summed E-state index contributed by atoms with van der Waals surface area (Å²) < 4.78 is 0. The van der Waals surface area contributed by atoms with Gasteiger partial charge in [-0.3, -0.25) is 0 Å². The second-order valence-electron chi connectivity index (χ2n) is 12.8. The molecule has 0 fully saturated rings. The Hall–Kier alpha value is 0.380. The summed E-state index contributed by atoms with van der Waals surface area (Å²) in [6, 6.07) is 0. The summed E-state index contributed by atoms with van der Waals surface area (Å²) in [5.41, 5.74) is 3.05. The van der Waals surface area contributed by atoms with Gasteiger partial charge in [-0.05, 0) is 78.3 Å². The Labute approximate surface area is 194 Å². The molecule has 0 bridgehead atoms. The van der Waals surface area contributed by atoms with Crippen LogP contribution in [0.2, 0.25) is 0 Å². The average molecular weight is 477 g/mol. The molecule has 0 aromatic rings. The number of rotatable bonds is 4. The first-order valence-electron chi connectivity index (χ1n) is 10.9. The molecule has 0 unspecified atom stereocenters. The van der Waals surface area contributed by atoms with Crippen LogP contribution in [-0.4, -0.2) is 69.2 Å². The van der Waals surface area contributed by atoms with E-state index in [9.17, 15) is 0 Å². The monoisotopic (exact) mass is 476 g/mol. The Kier molecular flexibility index (Phi) is 13.4. The Bertz CT molecular complexity index is 727. The van der Waals surface area contributed by atoms with Gasteiger partial charge in [0, 0.05) is 5.16 Å². The van der Waals surface area contributed by atoms with Gasteiger partial charge in [0.25, 0.3) is 0 Å². The minimum absolute atomic E-state index is 0.243. The third-order valence-corrected chi connectivity index (χ3v) is 16.9. The van der Waals surface area contributed by atoms with Crippen molar-refractivity contribution in [3.05, 3.63) is 23.0 Å². The normalized spacial score (nSPS) is 13.4. The van der Waals surface area contributed by atoms with Gasteiger partial charge in [0.05, 0.1) is 0 Å². The van der Waals surface area contributed by atoms with Gasteiger partial charge >= 0.3 is 0 Å². The molecule has 0 nitrogen and oxygen atoms in total. The van der Waals surface area contributed by atoms with Crippen molar-refractivity contribution in [3.63, 3.8) is 0 Å². The van der Waals surface area contributed by atoms with E-state index in [0.29, 0.717) is 10.6 Å². The molecule has 0 spiro atoms. The molecule has 0 heterocycles. The van der Waals surface area contributed by atoms with E-state index in [4.69, 9.17) is 0 Å². The van der Waals surface area contributed by atoms with Crippen molar-refractivity contribution in [2.45, 2.75) is 86.5 Å². The molecule has 0 aliphatic heterocycles. The topological polar surface area (TPSA) is 0 Å². The van der Waals surface area contributed by atoms with Crippen LogP contribution in [0.15, 0.2) is 23.0 Å². The molecule has 0 radical (unpaired) electrons. The summed E-state index contributed by atoms with van der Waals surface area (Å²) in [5.74, 6) is 0. The molecule has 0 saturated heterocycles. The lowest BCUT2D eigenvalue weighted by Gasteiger charge is -2.46. The van der Waals surface area contributed by atoms with Crippen molar-refractivity contribution in [2.75, 3.05) is 40.0 Å². The van der Waals surface area contributed by atoms with Gasteiger partial charge in [-0.1, -0.05) is 84.7 Å². The Morgan fingerprint density at radius 2 is 0.900 bits per heavy atom. The number of hydrogen-bond donors (Lipinski definition) is 0. The molecule has 0 amide bonds. The molecule has 182 valence electrons. The highest BCUT2D eigenvalue weighted by Crippen LogP contribution is 2.58. The van der Waals surface area contributed by atoms with Gasteiger partial charge in [0.1, 0.15) is 0 Å². The fourth-order valence-electron chi connectivity index (χ4n) is 2.03. The van der Waals surface area contributed by atoms with E-state index in [0.717, 1.165) is 0 Å². The Balaban J connectivity index is -0.000000366. The second-order valence-corrected chi connectivity index (χ2v) is 25.8. The Morgan fingerprint density at radius 1 is 0.600 bits per heavy atom. The van der Waals surface area contributed by atoms with E-state index in [-0.39, 0.29) is 5.16 Å². The fourth-order valence-corrected chi connectivity index (χ4v) is 6.09. The van der Waals surface area contributed by atoms with E-state index >= 15 is 0 Å². The van der Waals surface area contributed by atoms with Crippen LogP contribution >= 0.6 is 20.7 Å². The van der Waals surface area contributed by atoms with Gasteiger partial charge in [-0.15, -0.1) is 26.4 Å². The molecular weight excluding hydrogens is 417 g/mol. The maximum Gasteiger partial charge on any atom is 0.00402 e. The molecule has 0 rings (SSSR count). The van der Waals surface area contributed by atoms with Gasteiger partial charge in [0.15, 0.2) is 0 Å². The summed E-state index contributed by atoms with van der Waals surface area (Å²) in [4.78, 5) is 0. The van der Waals surface area contributed by atoms with Crippen molar-refractivity contribution in [1.82, 2.24) is 0 Å². The largest absolute Gasteiger partial charge is 0.112 e. The summed E-state index contributed by atoms with van der Waals surface area (Å²) in [5, 5.41) is 2.12.